The highest BCUT2D eigenvalue weighted by molar-refractivity contribution is 6.11. The van der Waals surface area contributed by atoms with Crippen LogP contribution in [0.4, 0.5) is 5.69 Å². The molecule has 5 nitrogen and oxygen atoms in total. The lowest BCUT2D eigenvalue weighted by molar-refractivity contribution is 0.103. The first-order chi connectivity index (χ1) is 15.0. The molecule has 1 heterocycles. The van der Waals surface area contributed by atoms with Crippen LogP contribution in [-0.2, 0) is 6.54 Å². The number of nitrogens with one attached hydrogen (secondary N) is 1. The molecular weight excluding hydrogens is 388 g/mol. The van der Waals surface area contributed by atoms with E-state index in [0.29, 0.717) is 29.8 Å². The first-order valence-corrected chi connectivity index (χ1v) is 10.0. The summed E-state index contributed by atoms with van der Waals surface area (Å²) in [5.41, 5.74) is 4.35. The Labute approximate surface area is 184 Å². The normalized spacial score (nSPS) is 11.6. The van der Waals surface area contributed by atoms with E-state index < -0.39 is 0 Å². The van der Waals surface area contributed by atoms with Crippen LogP contribution >= 0.6 is 0 Å². The first kappa shape index (κ1) is 23.7. The number of hydrogen-bond acceptors (Lipinski definition) is 5. The van der Waals surface area contributed by atoms with Crippen LogP contribution in [0.1, 0.15) is 41.9 Å². The van der Waals surface area contributed by atoms with E-state index in [4.69, 9.17) is 9.47 Å². The Kier molecular flexibility index (Phi) is 8.82. The molecule has 0 saturated carbocycles. The summed E-state index contributed by atoms with van der Waals surface area (Å²) >= 11 is 0. The summed E-state index contributed by atoms with van der Waals surface area (Å²) in [5, 5.41) is 3.34. The molecule has 1 aromatic carbocycles. The first-order valence-electron chi connectivity index (χ1n) is 10.0. The van der Waals surface area contributed by atoms with Gasteiger partial charge in [-0.2, -0.15) is 0 Å². The van der Waals surface area contributed by atoms with Crippen molar-refractivity contribution in [2.75, 3.05) is 19.5 Å². The fourth-order valence-electron chi connectivity index (χ4n) is 3.10. The molecule has 0 radical (unpaired) electrons. The van der Waals surface area contributed by atoms with Gasteiger partial charge in [0.1, 0.15) is 11.5 Å². The molecule has 31 heavy (non-hydrogen) atoms. The zero-order valence-electron chi connectivity index (χ0n) is 18.7. The molecule has 162 valence electrons. The highest BCUT2D eigenvalue weighted by Crippen LogP contribution is 2.26. The summed E-state index contributed by atoms with van der Waals surface area (Å²) in [6.07, 6.45) is 9.30. The second-order valence-corrected chi connectivity index (χ2v) is 6.88. The van der Waals surface area contributed by atoms with Gasteiger partial charge < -0.3 is 14.8 Å². The monoisotopic (exact) mass is 418 g/mol. The third-order valence-electron chi connectivity index (χ3n) is 4.87. The van der Waals surface area contributed by atoms with Crippen LogP contribution in [0, 0.1) is 0 Å². The number of ether oxygens (including phenoxy) is 2. The van der Waals surface area contributed by atoms with Crippen molar-refractivity contribution < 1.29 is 14.3 Å². The van der Waals surface area contributed by atoms with Gasteiger partial charge >= 0.3 is 0 Å². The highest BCUT2D eigenvalue weighted by atomic mass is 16.5. The van der Waals surface area contributed by atoms with Gasteiger partial charge in [-0.15, -0.1) is 6.58 Å². The third kappa shape index (κ3) is 5.95. The van der Waals surface area contributed by atoms with Crippen molar-refractivity contribution in [2.45, 2.75) is 26.8 Å². The molecule has 0 bridgehead atoms. The van der Waals surface area contributed by atoms with Crippen molar-refractivity contribution in [1.29, 1.82) is 0 Å². The Balaban J connectivity index is 2.39. The van der Waals surface area contributed by atoms with Gasteiger partial charge in [-0.25, -0.2) is 0 Å². The molecule has 1 N–H and O–H groups in total. The van der Waals surface area contributed by atoms with E-state index in [-0.39, 0.29) is 5.78 Å². The molecule has 2 aromatic rings. The molecule has 0 aliphatic rings. The number of carbonyl (C=O) groups is 1. The lowest BCUT2D eigenvalue weighted by atomic mass is 9.95. The number of methoxy groups -OCH3 is 2. The zero-order valence-corrected chi connectivity index (χ0v) is 18.7. The lowest BCUT2D eigenvalue weighted by Gasteiger charge is -2.14. The van der Waals surface area contributed by atoms with E-state index in [1.807, 2.05) is 50.3 Å². The van der Waals surface area contributed by atoms with Crippen molar-refractivity contribution in [2.24, 2.45) is 0 Å². The topological polar surface area (TPSA) is 60.5 Å². The summed E-state index contributed by atoms with van der Waals surface area (Å²) < 4.78 is 10.7. The number of aromatic nitrogens is 1. The summed E-state index contributed by atoms with van der Waals surface area (Å²) in [4.78, 5) is 17.8. The van der Waals surface area contributed by atoms with Gasteiger partial charge in [0.2, 0.25) is 0 Å². The van der Waals surface area contributed by atoms with Gasteiger partial charge in [0.15, 0.2) is 5.78 Å². The molecule has 0 aliphatic heterocycles. The smallest absolute Gasteiger partial charge is 0.191 e. The largest absolute Gasteiger partial charge is 0.497 e. The number of carbonyl (C=O) groups excluding carboxylic acids is 1. The van der Waals surface area contributed by atoms with Crippen molar-refractivity contribution >= 4 is 17.5 Å². The van der Waals surface area contributed by atoms with E-state index in [9.17, 15) is 4.79 Å². The quantitative estimate of drug-likeness (QED) is 0.210. The lowest BCUT2D eigenvalue weighted by Crippen LogP contribution is -2.10. The Morgan fingerprint density at radius 2 is 1.97 bits per heavy atom. The Morgan fingerprint density at radius 1 is 1.19 bits per heavy atom. The molecule has 0 saturated heterocycles. The number of Topliss-reactive ketones (excluding diaryl/α,β-unsaturated/α-hetero) is 1. The van der Waals surface area contributed by atoms with Crippen molar-refractivity contribution in [3.8, 4) is 11.5 Å². The number of benzene rings is 1. The molecular formula is C26H30N2O3. The number of anilines is 1. The predicted octanol–water partition coefficient (Wildman–Crippen LogP) is 6.01. The molecule has 1 aromatic heterocycles. The number of hydrogen-bond donors (Lipinski definition) is 1. The summed E-state index contributed by atoms with van der Waals surface area (Å²) in [6, 6.07) is 7.49. The molecule has 0 fully saturated rings. The van der Waals surface area contributed by atoms with Crippen molar-refractivity contribution in [3.05, 3.63) is 89.8 Å². The average molecular weight is 419 g/mol. The Hall–Kier alpha value is -3.60. The average Bonchev–Trinajstić information content (AvgIpc) is 2.80. The van der Waals surface area contributed by atoms with Crippen molar-refractivity contribution in [1.82, 2.24) is 4.98 Å². The van der Waals surface area contributed by atoms with Crippen LogP contribution in [0.25, 0.3) is 6.08 Å². The van der Waals surface area contributed by atoms with Crippen LogP contribution in [0.2, 0.25) is 0 Å². The summed E-state index contributed by atoms with van der Waals surface area (Å²) in [6.45, 7) is 11.9. The zero-order chi connectivity index (χ0) is 22.8. The third-order valence-corrected chi connectivity index (χ3v) is 4.87. The molecule has 0 amide bonds. The standard InChI is InChI=1S/C26H30N2O3/c1-7-10-22(18(4)9-3)26(29)23-14-20(17-28-24(23)11-8-2)27-16-19-12-13-21(30-5)15-25(19)31-6/h7-9,11-15,17,27H,1,3,10,16H2,2,4-6H3/b11-8-,22-18+. The molecule has 0 aliphatic carbocycles. The van der Waals surface area contributed by atoms with Gasteiger partial charge in [0.25, 0.3) is 0 Å². The van der Waals surface area contributed by atoms with Gasteiger partial charge in [-0.3, -0.25) is 9.78 Å². The minimum Gasteiger partial charge on any atom is -0.497 e. The van der Waals surface area contributed by atoms with Crippen LogP contribution < -0.4 is 14.8 Å². The number of pyridine rings is 1. The van der Waals surface area contributed by atoms with E-state index in [1.165, 1.54) is 0 Å². The molecule has 5 heteroatoms. The maximum absolute atomic E-state index is 13.3. The fourth-order valence-corrected chi connectivity index (χ4v) is 3.10. The maximum Gasteiger partial charge on any atom is 0.191 e. The molecule has 0 spiro atoms. The summed E-state index contributed by atoms with van der Waals surface area (Å²) in [7, 11) is 3.24. The number of nitrogens with zero attached hydrogens (tertiary/aromatic N) is 1. The van der Waals surface area contributed by atoms with Gasteiger partial charge in [-0.05, 0) is 50.1 Å². The molecule has 2 rings (SSSR count). The maximum atomic E-state index is 13.3. The van der Waals surface area contributed by atoms with Crippen LogP contribution in [-0.4, -0.2) is 25.0 Å². The predicted molar refractivity (Wildman–Crippen MR) is 128 cm³/mol. The highest BCUT2D eigenvalue weighted by Gasteiger charge is 2.18. The molecule has 0 unspecified atom stereocenters. The number of allylic oxidation sites excluding steroid dienone is 5. The van der Waals surface area contributed by atoms with E-state index >= 15 is 0 Å². The van der Waals surface area contributed by atoms with E-state index in [1.54, 1.807) is 32.6 Å². The summed E-state index contributed by atoms with van der Waals surface area (Å²) in [5.74, 6) is 1.37. The van der Waals surface area contributed by atoms with E-state index in [2.05, 4.69) is 23.5 Å². The Bertz CT molecular complexity index is 1020. The Morgan fingerprint density at radius 3 is 2.58 bits per heavy atom. The van der Waals surface area contributed by atoms with Crippen molar-refractivity contribution in [3.63, 3.8) is 0 Å². The van der Waals surface area contributed by atoms with Gasteiger partial charge in [-0.1, -0.05) is 24.8 Å². The number of rotatable bonds is 11. The minimum atomic E-state index is -0.0800. The second kappa shape index (κ2) is 11.6. The van der Waals surface area contributed by atoms with Gasteiger partial charge in [0.05, 0.1) is 31.8 Å². The minimum absolute atomic E-state index is 0.0800. The van der Waals surface area contributed by atoms with Crippen LogP contribution in [0.3, 0.4) is 0 Å². The fraction of sp³-hybridized carbons (Fsp3) is 0.231. The number of ketones is 1. The van der Waals surface area contributed by atoms with Crippen LogP contribution in [0.5, 0.6) is 11.5 Å². The van der Waals surface area contributed by atoms with Gasteiger partial charge in [0, 0.05) is 29.3 Å². The van der Waals surface area contributed by atoms with E-state index in [0.717, 1.165) is 28.3 Å². The second-order valence-electron chi connectivity index (χ2n) is 6.88. The van der Waals surface area contributed by atoms with Crippen LogP contribution in [0.15, 0.2) is 73.0 Å². The molecule has 0 atom stereocenters. The SMILES string of the molecule is C=CC/C(C(=O)c1cc(NCc2ccc(OC)cc2OC)cnc1/C=C\C)=C(/C)C=C.